The summed E-state index contributed by atoms with van der Waals surface area (Å²) in [5.41, 5.74) is 1.42. The molecule has 2 aromatic carbocycles. The number of hydrogen-bond acceptors (Lipinski definition) is 5. The molecule has 3 aromatic rings. The van der Waals surface area contributed by atoms with Crippen molar-refractivity contribution in [2.24, 2.45) is 0 Å². The molecule has 1 aromatic heterocycles. The van der Waals surface area contributed by atoms with Crippen LogP contribution in [0.3, 0.4) is 0 Å². The lowest BCUT2D eigenvalue weighted by Crippen LogP contribution is -2.29. The fraction of sp³-hybridized carbons (Fsp3) is 0.182. The average Bonchev–Trinajstić information content (AvgIpc) is 3.15. The van der Waals surface area contributed by atoms with Gasteiger partial charge < -0.3 is 10.2 Å². The number of nitriles is 1. The molecule has 0 radical (unpaired) electrons. The van der Waals surface area contributed by atoms with Gasteiger partial charge in [0.2, 0.25) is 10.0 Å². The van der Waals surface area contributed by atoms with E-state index in [9.17, 15) is 12.8 Å². The molecule has 2 atom stereocenters. The molecule has 1 aliphatic carbocycles. The van der Waals surface area contributed by atoms with Crippen LogP contribution in [-0.2, 0) is 15.4 Å². The quantitative estimate of drug-likeness (QED) is 0.494. The standard InChI is InChI=1S/C21H17FN2O2S2.CH2O3/c1-21(16-5-3-2-4-6-16)12-19(21)24-28(25,26)20-10-9-18(27-20)14-7-8-15(13-23)17(22)11-14;2-1(3)4/h2-11,19,24H,12H2,1H3;(H2,2,3,4)/t19-,21+;/m0./s1. The van der Waals surface area contributed by atoms with Gasteiger partial charge in [0.25, 0.3) is 0 Å². The third-order valence-corrected chi connectivity index (χ3v) is 8.29. The van der Waals surface area contributed by atoms with Crippen LogP contribution in [0, 0.1) is 17.1 Å². The Kier molecular flexibility index (Phi) is 6.64. The maximum Gasteiger partial charge on any atom is 0.503 e. The molecule has 0 bridgehead atoms. The van der Waals surface area contributed by atoms with Crippen LogP contribution in [0.4, 0.5) is 9.18 Å². The second-order valence-electron chi connectivity index (χ2n) is 7.37. The highest BCUT2D eigenvalue weighted by atomic mass is 32.2. The predicted octanol–water partition coefficient (Wildman–Crippen LogP) is 4.66. The van der Waals surface area contributed by atoms with Gasteiger partial charge >= 0.3 is 6.16 Å². The molecular weight excluding hydrogens is 455 g/mol. The topological polar surface area (TPSA) is 127 Å². The minimum Gasteiger partial charge on any atom is -0.450 e. The van der Waals surface area contributed by atoms with Crippen LogP contribution in [0.5, 0.6) is 0 Å². The van der Waals surface area contributed by atoms with Crippen molar-refractivity contribution in [2.45, 2.75) is 29.0 Å². The molecule has 3 N–H and O–H groups in total. The third-order valence-electron chi connectivity index (χ3n) is 5.19. The Hall–Kier alpha value is -3.26. The Balaban J connectivity index is 0.000000668. The van der Waals surface area contributed by atoms with E-state index in [1.807, 2.05) is 30.3 Å². The zero-order valence-corrected chi connectivity index (χ0v) is 18.5. The molecular formula is C22H19FN2O5S2. The van der Waals surface area contributed by atoms with Crippen LogP contribution in [0.25, 0.3) is 10.4 Å². The van der Waals surface area contributed by atoms with Crippen molar-refractivity contribution in [3.05, 3.63) is 77.6 Å². The second-order valence-corrected chi connectivity index (χ2v) is 10.4. The van der Waals surface area contributed by atoms with Gasteiger partial charge in [-0.2, -0.15) is 5.26 Å². The lowest BCUT2D eigenvalue weighted by molar-refractivity contribution is 0.137. The molecule has 0 spiro atoms. The van der Waals surface area contributed by atoms with Gasteiger partial charge in [0.05, 0.1) is 5.56 Å². The fourth-order valence-corrected chi connectivity index (χ4v) is 5.97. The van der Waals surface area contributed by atoms with E-state index in [2.05, 4.69) is 11.6 Å². The third kappa shape index (κ3) is 5.13. The Morgan fingerprint density at radius 1 is 1.19 bits per heavy atom. The van der Waals surface area contributed by atoms with Crippen molar-refractivity contribution >= 4 is 27.5 Å². The normalized spacial score (nSPS) is 19.3. The van der Waals surface area contributed by atoms with Gasteiger partial charge in [-0.3, -0.25) is 0 Å². The summed E-state index contributed by atoms with van der Waals surface area (Å²) in [6.45, 7) is 2.05. The minimum atomic E-state index is -3.66. The highest BCUT2D eigenvalue weighted by Crippen LogP contribution is 2.48. The Morgan fingerprint density at radius 2 is 1.84 bits per heavy atom. The summed E-state index contributed by atoms with van der Waals surface area (Å²) < 4.78 is 42.4. The molecule has 32 heavy (non-hydrogen) atoms. The maximum atomic E-state index is 13.9. The molecule has 7 nitrogen and oxygen atoms in total. The van der Waals surface area contributed by atoms with Crippen molar-refractivity contribution in [1.82, 2.24) is 4.72 Å². The first kappa shape index (κ1) is 23.4. The van der Waals surface area contributed by atoms with Gasteiger partial charge in [0, 0.05) is 16.3 Å². The molecule has 1 fully saturated rings. The summed E-state index contributed by atoms with van der Waals surface area (Å²) >= 11 is 1.08. The monoisotopic (exact) mass is 474 g/mol. The van der Waals surface area contributed by atoms with Crippen molar-refractivity contribution < 1.29 is 27.8 Å². The zero-order valence-electron chi connectivity index (χ0n) is 16.8. The molecule has 0 aliphatic heterocycles. The first-order chi connectivity index (χ1) is 15.1. The predicted molar refractivity (Wildman–Crippen MR) is 118 cm³/mol. The molecule has 10 heteroatoms. The SMILES string of the molecule is C[C@]1(c2ccccc2)C[C@@H]1NS(=O)(=O)c1ccc(-c2ccc(C#N)c(F)c2)s1.O=C(O)O. The highest BCUT2D eigenvalue weighted by molar-refractivity contribution is 7.91. The van der Waals surface area contributed by atoms with Gasteiger partial charge in [-0.1, -0.05) is 43.3 Å². The summed E-state index contributed by atoms with van der Waals surface area (Å²) in [7, 11) is -3.66. The number of nitrogens with one attached hydrogen (secondary N) is 1. The smallest absolute Gasteiger partial charge is 0.450 e. The Morgan fingerprint density at radius 3 is 2.44 bits per heavy atom. The van der Waals surface area contributed by atoms with E-state index in [0.29, 0.717) is 10.4 Å². The first-order valence-electron chi connectivity index (χ1n) is 9.36. The van der Waals surface area contributed by atoms with Crippen LogP contribution in [-0.4, -0.2) is 30.8 Å². The van der Waals surface area contributed by atoms with Gasteiger partial charge in [-0.15, -0.1) is 11.3 Å². The van der Waals surface area contributed by atoms with E-state index >= 15 is 0 Å². The Bertz CT molecular complexity index is 1280. The van der Waals surface area contributed by atoms with Gasteiger partial charge in [0.1, 0.15) is 16.1 Å². The number of sulfonamides is 1. The molecule has 1 saturated carbocycles. The van der Waals surface area contributed by atoms with Crippen LogP contribution < -0.4 is 4.72 Å². The van der Waals surface area contributed by atoms with E-state index < -0.39 is 22.0 Å². The Labute approximate surface area is 188 Å². The number of rotatable bonds is 5. The molecule has 1 heterocycles. The van der Waals surface area contributed by atoms with Crippen LogP contribution in [0.2, 0.25) is 0 Å². The van der Waals surface area contributed by atoms with Crippen LogP contribution >= 0.6 is 11.3 Å². The highest BCUT2D eigenvalue weighted by Gasteiger charge is 2.53. The molecule has 0 amide bonds. The van der Waals surface area contributed by atoms with E-state index in [0.717, 1.165) is 23.3 Å². The van der Waals surface area contributed by atoms with Gasteiger partial charge in [-0.05, 0) is 41.8 Å². The van der Waals surface area contributed by atoms with Gasteiger partial charge in [0.15, 0.2) is 0 Å². The van der Waals surface area contributed by atoms with Crippen molar-refractivity contribution in [3.63, 3.8) is 0 Å². The van der Waals surface area contributed by atoms with E-state index in [1.54, 1.807) is 18.2 Å². The summed E-state index contributed by atoms with van der Waals surface area (Å²) in [6.07, 6.45) is -1.09. The lowest BCUT2D eigenvalue weighted by atomic mass is 9.98. The summed E-state index contributed by atoms with van der Waals surface area (Å²) in [5.74, 6) is -0.618. The van der Waals surface area contributed by atoms with E-state index in [4.69, 9.17) is 20.3 Å². The number of carboxylic acid groups (broad SMARTS) is 2. The number of carbonyl (C=O) groups is 1. The maximum absolute atomic E-state index is 13.9. The van der Waals surface area contributed by atoms with Crippen molar-refractivity contribution in [2.75, 3.05) is 0 Å². The number of thiophene rings is 1. The lowest BCUT2D eigenvalue weighted by Gasteiger charge is -2.12. The number of nitrogens with zero attached hydrogens (tertiary/aromatic N) is 1. The first-order valence-corrected chi connectivity index (χ1v) is 11.7. The average molecular weight is 475 g/mol. The van der Waals surface area contributed by atoms with E-state index in [1.165, 1.54) is 18.2 Å². The van der Waals surface area contributed by atoms with Gasteiger partial charge in [-0.25, -0.2) is 22.3 Å². The summed E-state index contributed by atoms with van der Waals surface area (Å²) in [4.78, 5) is 9.19. The van der Waals surface area contributed by atoms with E-state index in [-0.39, 0.29) is 21.2 Å². The van der Waals surface area contributed by atoms with Crippen LogP contribution in [0.15, 0.2) is 64.9 Å². The molecule has 166 valence electrons. The number of hydrogen-bond donors (Lipinski definition) is 3. The number of halogens is 1. The molecule has 4 rings (SSSR count). The van der Waals surface area contributed by atoms with Crippen molar-refractivity contribution in [3.8, 4) is 16.5 Å². The minimum absolute atomic E-state index is 0.0382. The van der Waals surface area contributed by atoms with Crippen LogP contribution in [0.1, 0.15) is 24.5 Å². The van der Waals surface area contributed by atoms with Crippen molar-refractivity contribution in [1.29, 1.82) is 5.26 Å². The fourth-order valence-electron chi connectivity index (χ4n) is 3.30. The molecule has 0 saturated heterocycles. The summed E-state index contributed by atoms with van der Waals surface area (Å²) in [6, 6.07) is 18.9. The summed E-state index contributed by atoms with van der Waals surface area (Å²) in [5, 5.41) is 22.8. The largest absolute Gasteiger partial charge is 0.503 e. The number of benzene rings is 2. The second kappa shape index (κ2) is 9.08. The molecule has 1 aliphatic rings. The molecule has 0 unspecified atom stereocenters. The zero-order chi connectivity index (χ0) is 23.5.